The Labute approximate surface area is 222 Å². The quantitative estimate of drug-likeness (QED) is 0.128. The molecule has 1 aromatic heterocycles. The first-order valence-corrected chi connectivity index (χ1v) is 12.6. The summed E-state index contributed by atoms with van der Waals surface area (Å²) in [7, 11) is 0. The van der Waals surface area contributed by atoms with Crippen molar-refractivity contribution in [1.29, 1.82) is 0 Å². The molecule has 1 atom stereocenters. The predicted octanol–water partition coefficient (Wildman–Crippen LogP) is 1.20. The Morgan fingerprint density at radius 2 is 1.61 bits per heavy atom. The van der Waals surface area contributed by atoms with Gasteiger partial charge in [-0.15, -0.1) is 0 Å². The number of anilines is 1. The SMILES string of the molecule is NCCN(CCN)C(=O)CCN(N)C(=O)NC(CCc1ccccc1)C(=O)Nc1cnc2ccccc2c1. The lowest BCUT2D eigenvalue weighted by atomic mass is 10.0. The van der Waals surface area contributed by atoms with Gasteiger partial charge in [0.25, 0.3) is 0 Å². The summed E-state index contributed by atoms with van der Waals surface area (Å²) in [6.07, 6.45) is 2.49. The Hall–Kier alpha value is -4.06. The molecule has 3 rings (SSSR count). The molecule has 0 aliphatic carbocycles. The number of hydrazine groups is 1. The number of pyridine rings is 1. The number of hydrogen-bond donors (Lipinski definition) is 5. The third-order valence-corrected chi connectivity index (χ3v) is 6.01. The topological polar surface area (TPSA) is 173 Å². The Kier molecular flexibility index (Phi) is 11.0. The lowest BCUT2D eigenvalue weighted by molar-refractivity contribution is -0.131. The second-order valence-electron chi connectivity index (χ2n) is 8.83. The highest BCUT2D eigenvalue weighted by molar-refractivity contribution is 5.98. The van der Waals surface area contributed by atoms with Gasteiger partial charge in [-0.05, 0) is 30.5 Å². The number of nitrogens with zero attached hydrogens (tertiary/aromatic N) is 3. The second-order valence-corrected chi connectivity index (χ2v) is 8.83. The van der Waals surface area contributed by atoms with Crippen LogP contribution in [0.1, 0.15) is 18.4 Å². The molecule has 0 aliphatic heterocycles. The molecule has 2 aromatic carbocycles. The van der Waals surface area contributed by atoms with E-state index in [1.807, 2.05) is 60.7 Å². The van der Waals surface area contributed by atoms with Gasteiger partial charge in [0.05, 0.1) is 17.4 Å². The molecule has 1 heterocycles. The first-order valence-electron chi connectivity index (χ1n) is 12.6. The first kappa shape index (κ1) is 28.5. The van der Waals surface area contributed by atoms with E-state index >= 15 is 0 Å². The van der Waals surface area contributed by atoms with Crippen LogP contribution in [0.2, 0.25) is 0 Å². The molecule has 4 amide bonds. The number of aromatic nitrogens is 1. The van der Waals surface area contributed by atoms with E-state index in [4.69, 9.17) is 17.3 Å². The zero-order valence-corrected chi connectivity index (χ0v) is 21.4. The van der Waals surface area contributed by atoms with E-state index in [1.165, 1.54) is 0 Å². The monoisotopic (exact) mass is 520 g/mol. The van der Waals surface area contributed by atoms with E-state index in [0.717, 1.165) is 21.5 Å². The number of rotatable bonds is 13. The number of benzene rings is 2. The van der Waals surface area contributed by atoms with Gasteiger partial charge in [0.15, 0.2) is 0 Å². The third kappa shape index (κ3) is 8.51. The molecule has 0 saturated carbocycles. The van der Waals surface area contributed by atoms with Crippen molar-refractivity contribution in [3.05, 3.63) is 72.4 Å². The highest BCUT2D eigenvalue weighted by atomic mass is 16.2. The van der Waals surface area contributed by atoms with Crippen molar-refractivity contribution in [1.82, 2.24) is 20.2 Å². The van der Waals surface area contributed by atoms with Crippen molar-refractivity contribution in [3.63, 3.8) is 0 Å². The predicted molar refractivity (Wildman–Crippen MR) is 148 cm³/mol. The van der Waals surface area contributed by atoms with E-state index in [1.54, 1.807) is 11.1 Å². The van der Waals surface area contributed by atoms with Crippen LogP contribution in [0.3, 0.4) is 0 Å². The summed E-state index contributed by atoms with van der Waals surface area (Å²) in [6, 6.07) is 17.5. The molecule has 0 radical (unpaired) electrons. The normalized spacial score (nSPS) is 11.6. The summed E-state index contributed by atoms with van der Waals surface area (Å²) in [6.45, 7) is 1.33. The minimum atomic E-state index is -0.873. The Balaban J connectivity index is 1.65. The molecule has 1 unspecified atom stereocenters. The number of nitrogens with two attached hydrogens (primary N) is 3. The average Bonchev–Trinajstić information content (AvgIpc) is 2.93. The van der Waals surface area contributed by atoms with Crippen molar-refractivity contribution in [2.75, 3.05) is 38.0 Å². The lowest BCUT2D eigenvalue weighted by Crippen LogP contribution is -2.53. The van der Waals surface area contributed by atoms with Crippen LogP contribution in [0, 0.1) is 0 Å². The summed E-state index contributed by atoms with van der Waals surface area (Å²) >= 11 is 0. The standard InChI is InChI=1S/C27H36N8O3/c28-13-16-34(17-14-29)25(36)12-15-35(30)27(38)33-24(11-10-20-6-2-1-3-7-20)26(37)32-22-18-21-8-4-5-9-23(21)31-19-22/h1-9,18-19,24H,10-17,28-30H2,(H,32,37)(H,33,38). The van der Waals surface area contributed by atoms with Crippen LogP contribution in [0.25, 0.3) is 10.9 Å². The van der Waals surface area contributed by atoms with Gasteiger partial charge in [-0.2, -0.15) is 0 Å². The van der Waals surface area contributed by atoms with Crippen LogP contribution >= 0.6 is 0 Å². The molecule has 11 nitrogen and oxygen atoms in total. The van der Waals surface area contributed by atoms with Crippen molar-refractivity contribution < 1.29 is 14.4 Å². The molecule has 0 saturated heterocycles. The molecule has 0 fully saturated rings. The van der Waals surface area contributed by atoms with Gasteiger partial charge in [-0.25, -0.2) is 10.6 Å². The van der Waals surface area contributed by atoms with Gasteiger partial charge in [-0.3, -0.25) is 19.6 Å². The number of para-hydroxylation sites is 1. The third-order valence-electron chi connectivity index (χ3n) is 6.01. The molecular weight excluding hydrogens is 484 g/mol. The maximum absolute atomic E-state index is 13.2. The average molecular weight is 521 g/mol. The molecule has 8 N–H and O–H groups in total. The summed E-state index contributed by atoms with van der Waals surface area (Å²) in [5.74, 6) is 5.35. The molecule has 0 aliphatic rings. The van der Waals surface area contributed by atoms with E-state index in [-0.39, 0.29) is 18.9 Å². The number of urea groups is 1. The van der Waals surface area contributed by atoms with Crippen molar-refractivity contribution in [2.45, 2.75) is 25.3 Å². The summed E-state index contributed by atoms with van der Waals surface area (Å²) < 4.78 is 0. The minimum Gasteiger partial charge on any atom is -0.340 e. The molecule has 202 valence electrons. The van der Waals surface area contributed by atoms with Gasteiger partial charge >= 0.3 is 6.03 Å². The number of nitrogens with one attached hydrogen (secondary N) is 2. The Morgan fingerprint density at radius 3 is 2.32 bits per heavy atom. The zero-order valence-electron chi connectivity index (χ0n) is 21.4. The Morgan fingerprint density at radius 1 is 0.921 bits per heavy atom. The highest BCUT2D eigenvalue weighted by Gasteiger charge is 2.24. The summed E-state index contributed by atoms with van der Waals surface area (Å²) in [5.41, 5.74) is 13.5. The number of carbonyl (C=O) groups is 3. The van der Waals surface area contributed by atoms with Crippen LogP contribution < -0.4 is 27.9 Å². The van der Waals surface area contributed by atoms with Gasteiger partial charge in [0, 0.05) is 44.5 Å². The van der Waals surface area contributed by atoms with Crippen molar-refractivity contribution >= 4 is 34.4 Å². The largest absolute Gasteiger partial charge is 0.340 e. The molecular formula is C27H36N8O3. The van der Waals surface area contributed by atoms with Gasteiger partial charge in [0.1, 0.15) is 6.04 Å². The minimum absolute atomic E-state index is 0.00750. The van der Waals surface area contributed by atoms with E-state index in [2.05, 4.69) is 15.6 Å². The van der Waals surface area contributed by atoms with E-state index < -0.39 is 18.0 Å². The van der Waals surface area contributed by atoms with Crippen LogP contribution in [0.4, 0.5) is 10.5 Å². The van der Waals surface area contributed by atoms with Gasteiger partial charge < -0.3 is 27.0 Å². The number of aryl methyl sites for hydroxylation is 1. The Bertz CT molecular complexity index is 1200. The van der Waals surface area contributed by atoms with Crippen LogP contribution in [0.15, 0.2) is 66.9 Å². The van der Waals surface area contributed by atoms with Crippen molar-refractivity contribution in [2.24, 2.45) is 17.3 Å². The van der Waals surface area contributed by atoms with Gasteiger partial charge in [0.2, 0.25) is 11.8 Å². The lowest BCUT2D eigenvalue weighted by Gasteiger charge is -2.25. The van der Waals surface area contributed by atoms with Crippen molar-refractivity contribution in [3.8, 4) is 0 Å². The molecule has 3 aromatic rings. The molecule has 0 spiro atoms. The fraction of sp³-hybridized carbons (Fsp3) is 0.333. The highest BCUT2D eigenvalue weighted by Crippen LogP contribution is 2.17. The number of amides is 4. The van der Waals surface area contributed by atoms with Crippen LogP contribution in [0.5, 0.6) is 0 Å². The summed E-state index contributed by atoms with van der Waals surface area (Å²) in [4.78, 5) is 44.5. The molecule has 0 bridgehead atoms. The summed E-state index contributed by atoms with van der Waals surface area (Å²) in [5, 5.41) is 7.35. The number of fused-ring (bicyclic) bond motifs is 1. The fourth-order valence-corrected chi connectivity index (χ4v) is 3.97. The number of carbonyl (C=O) groups excluding carboxylic acids is 3. The maximum Gasteiger partial charge on any atom is 0.332 e. The molecule has 11 heteroatoms. The fourth-order valence-electron chi connectivity index (χ4n) is 3.97. The van der Waals surface area contributed by atoms with E-state index in [9.17, 15) is 14.4 Å². The van der Waals surface area contributed by atoms with E-state index in [0.29, 0.717) is 44.7 Å². The second kappa shape index (κ2) is 14.6. The first-order chi connectivity index (χ1) is 18.4. The molecule has 38 heavy (non-hydrogen) atoms. The van der Waals surface area contributed by atoms with Crippen LogP contribution in [-0.2, 0) is 16.0 Å². The smallest absolute Gasteiger partial charge is 0.332 e. The maximum atomic E-state index is 13.2. The number of hydrogen-bond acceptors (Lipinski definition) is 7. The van der Waals surface area contributed by atoms with Crippen LogP contribution in [-0.4, -0.2) is 71.5 Å². The van der Waals surface area contributed by atoms with Gasteiger partial charge in [-0.1, -0.05) is 48.5 Å². The zero-order chi connectivity index (χ0) is 27.3.